The van der Waals surface area contributed by atoms with Gasteiger partial charge in [0.25, 0.3) is 5.56 Å². The Hall–Kier alpha value is -0.970. The Morgan fingerprint density at radius 3 is 2.84 bits per heavy atom. The van der Waals surface area contributed by atoms with E-state index >= 15 is 0 Å². The van der Waals surface area contributed by atoms with Crippen LogP contribution in [0.5, 0.6) is 0 Å². The molecule has 0 saturated carbocycles. The van der Waals surface area contributed by atoms with E-state index in [1.54, 1.807) is 17.8 Å². The Labute approximate surface area is 119 Å². The van der Waals surface area contributed by atoms with E-state index in [0.717, 1.165) is 24.4 Å². The number of anilines is 1. The highest BCUT2D eigenvalue weighted by Gasteiger charge is 2.03. The van der Waals surface area contributed by atoms with E-state index in [0.29, 0.717) is 11.2 Å². The summed E-state index contributed by atoms with van der Waals surface area (Å²) in [6.45, 7) is 7.35. The maximum Gasteiger partial charge on any atom is 0.252 e. The standard InChI is InChI=1S/C14H25N3OS/c1-4-5-6-7-8-15-14-16-12(9-13(18)17-14)10-19-11(2)3/h9,11H,4-8,10H2,1-3H3,(H2,15,16,17,18). The first-order chi connectivity index (χ1) is 9.11. The fourth-order valence-corrected chi connectivity index (χ4v) is 2.33. The summed E-state index contributed by atoms with van der Waals surface area (Å²) in [5, 5.41) is 3.74. The van der Waals surface area contributed by atoms with Crippen LogP contribution < -0.4 is 10.9 Å². The fourth-order valence-electron chi connectivity index (χ4n) is 1.68. The molecule has 1 rings (SSSR count). The average molecular weight is 283 g/mol. The van der Waals surface area contributed by atoms with Crippen LogP contribution in [-0.4, -0.2) is 21.8 Å². The molecule has 0 aliphatic heterocycles. The van der Waals surface area contributed by atoms with Crippen LogP contribution in [0.1, 0.15) is 52.1 Å². The third-order valence-electron chi connectivity index (χ3n) is 2.68. The van der Waals surface area contributed by atoms with Crippen molar-refractivity contribution in [2.45, 2.75) is 57.5 Å². The number of nitrogens with zero attached hydrogens (tertiary/aromatic N) is 1. The molecular formula is C14H25N3OS. The van der Waals surface area contributed by atoms with Crippen molar-refractivity contribution in [3.8, 4) is 0 Å². The second-order valence-electron chi connectivity index (χ2n) is 4.93. The van der Waals surface area contributed by atoms with Crippen molar-refractivity contribution in [3.05, 3.63) is 22.1 Å². The minimum atomic E-state index is -0.0783. The van der Waals surface area contributed by atoms with Crippen LogP contribution in [0.15, 0.2) is 10.9 Å². The van der Waals surface area contributed by atoms with Gasteiger partial charge in [-0.1, -0.05) is 40.0 Å². The van der Waals surface area contributed by atoms with Crippen LogP contribution in [0.4, 0.5) is 5.95 Å². The Morgan fingerprint density at radius 1 is 1.37 bits per heavy atom. The zero-order chi connectivity index (χ0) is 14.1. The van der Waals surface area contributed by atoms with Gasteiger partial charge in [0.05, 0.1) is 5.69 Å². The van der Waals surface area contributed by atoms with E-state index in [9.17, 15) is 4.79 Å². The third-order valence-corrected chi connectivity index (χ3v) is 3.81. The molecule has 0 aromatic carbocycles. The molecule has 0 fully saturated rings. The van der Waals surface area contributed by atoms with E-state index in [-0.39, 0.29) is 5.56 Å². The number of nitrogens with one attached hydrogen (secondary N) is 2. The molecule has 1 aromatic rings. The summed E-state index contributed by atoms with van der Waals surface area (Å²) in [6.07, 6.45) is 4.83. The van der Waals surface area contributed by atoms with Crippen LogP contribution in [0.3, 0.4) is 0 Å². The summed E-state index contributed by atoms with van der Waals surface area (Å²) in [5.41, 5.74) is 0.768. The summed E-state index contributed by atoms with van der Waals surface area (Å²) >= 11 is 1.79. The molecule has 4 nitrogen and oxygen atoms in total. The lowest BCUT2D eigenvalue weighted by molar-refractivity contribution is 0.683. The number of unbranched alkanes of at least 4 members (excludes halogenated alkanes) is 3. The number of rotatable bonds is 9. The van der Waals surface area contributed by atoms with Crippen molar-refractivity contribution in [1.29, 1.82) is 0 Å². The zero-order valence-electron chi connectivity index (χ0n) is 12.2. The zero-order valence-corrected chi connectivity index (χ0v) is 13.0. The lowest BCUT2D eigenvalue weighted by Crippen LogP contribution is -2.14. The van der Waals surface area contributed by atoms with Crippen molar-refractivity contribution in [3.63, 3.8) is 0 Å². The van der Waals surface area contributed by atoms with E-state index < -0.39 is 0 Å². The van der Waals surface area contributed by atoms with Gasteiger partial charge in [-0.2, -0.15) is 11.8 Å². The smallest absolute Gasteiger partial charge is 0.252 e. The predicted molar refractivity (Wildman–Crippen MR) is 83.9 cm³/mol. The number of hydrogen-bond acceptors (Lipinski definition) is 4. The van der Waals surface area contributed by atoms with Gasteiger partial charge in [0, 0.05) is 18.4 Å². The summed E-state index contributed by atoms with van der Waals surface area (Å²) in [4.78, 5) is 18.7. The molecule has 0 unspecified atom stereocenters. The van der Waals surface area contributed by atoms with Gasteiger partial charge in [-0.25, -0.2) is 4.98 Å². The summed E-state index contributed by atoms with van der Waals surface area (Å²) in [7, 11) is 0. The van der Waals surface area contributed by atoms with Crippen molar-refractivity contribution < 1.29 is 0 Å². The molecule has 0 spiro atoms. The molecule has 0 radical (unpaired) electrons. The topological polar surface area (TPSA) is 57.8 Å². The maximum absolute atomic E-state index is 11.5. The van der Waals surface area contributed by atoms with Gasteiger partial charge in [0.15, 0.2) is 0 Å². The normalized spacial score (nSPS) is 10.9. The van der Waals surface area contributed by atoms with E-state index in [2.05, 4.69) is 36.1 Å². The molecular weight excluding hydrogens is 258 g/mol. The van der Waals surface area contributed by atoms with Gasteiger partial charge in [0.2, 0.25) is 5.95 Å². The third kappa shape index (κ3) is 7.25. The van der Waals surface area contributed by atoms with Crippen LogP contribution in [0.2, 0.25) is 0 Å². The minimum Gasteiger partial charge on any atom is -0.356 e. The highest BCUT2D eigenvalue weighted by molar-refractivity contribution is 7.99. The molecule has 0 aliphatic rings. The van der Waals surface area contributed by atoms with Crippen LogP contribution >= 0.6 is 11.8 Å². The predicted octanol–water partition coefficient (Wildman–Crippen LogP) is 3.40. The molecule has 0 aliphatic carbocycles. The maximum atomic E-state index is 11.5. The van der Waals surface area contributed by atoms with Crippen molar-refractivity contribution >= 4 is 17.7 Å². The van der Waals surface area contributed by atoms with Gasteiger partial charge in [-0.05, 0) is 11.7 Å². The average Bonchev–Trinajstić information content (AvgIpc) is 2.35. The molecule has 1 aromatic heterocycles. The molecule has 19 heavy (non-hydrogen) atoms. The fraction of sp³-hybridized carbons (Fsp3) is 0.714. The van der Waals surface area contributed by atoms with Gasteiger partial charge in [-0.3, -0.25) is 9.78 Å². The van der Waals surface area contributed by atoms with E-state index in [1.807, 2.05) is 0 Å². The molecule has 5 heteroatoms. The van der Waals surface area contributed by atoms with Crippen LogP contribution in [0, 0.1) is 0 Å². The lowest BCUT2D eigenvalue weighted by Gasteiger charge is -2.08. The molecule has 0 atom stereocenters. The Morgan fingerprint density at radius 2 is 2.16 bits per heavy atom. The SMILES string of the molecule is CCCCCCNc1nc(CSC(C)C)cc(=O)[nH]1. The lowest BCUT2D eigenvalue weighted by atomic mass is 10.2. The Balaban J connectivity index is 2.46. The van der Waals surface area contributed by atoms with E-state index in [1.165, 1.54) is 19.3 Å². The number of H-pyrrole nitrogens is 1. The summed E-state index contributed by atoms with van der Waals surface area (Å²) in [6, 6.07) is 1.58. The van der Waals surface area contributed by atoms with Gasteiger partial charge in [0.1, 0.15) is 0 Å². The van der Waals surface area contributed by atoms with E-state index in [4.69, 9.17) is 0 Å². The molecule has 0 saturated heterocycles. The molecule has 0 bridgehead atoms. The monoisotopic (exact) mass is 283 g/mol. The Bertz CT molecular complexity index is 417. The van der Waals surface area contributed by atoms with Gasteiger partial charge in [-0.15, -0.1) is 0 Å². The highest BCUT2D eigenvalue weighted by Crippen LogP contribution is 2.15. The summed E-state index contributed by atoms with van der Waals surface area (Å²) in [5.74, 6) is 1.38. The van der Waals surface area contributed by atoms with Crippen LogP contribution in [0.25, 0.3) is 0 Å². The first kappa shape index (κ1) is 16.1. The number of thioether (sulfide) groups is 1. The number of hydrogen-bond donors (Lipinski definition) is 2. The quantitative estimate of drug-likeness (QED) is 0.682. The molecule has 0 amide bonds. The largest absolute Gasteiger partial charge is 0.356 e. The second-order valence-corrected chi connectivity index (χ2v) is 6.50. The summed E-state index contributed by atoms with van der Waals surface area (Å²) < 4.78 is 0. The van der Waals surface area contributed by atoms with Gasteiger partial charge < -0.3 is 5.32 Å². The number of aromatic amines is 1. The second kappa shape index (κ2) is 9.02. The molecule has 2 N–H and O–H groups in total. The first-order valence-electron chi connectivity index (χ1n) is 7.07. The van der Waals surface area contributed by atoms with Crippen molar-refractivity contribution in [2.75, 3.05) is 11.9 Å². The Kier molecular flexibility index (Phi) is 7.63. The molecule has 108 valence electrons. The van der Waals surface area contributed by atoms with Gasteiger partial charge >= 0.3 is 0 Å². The minimum absolute atomic E-state index is 0.0783. The van der Waals surface area contributed by atoms with Crippen molar-refractivity contribution in [1.82, 2.24) is 9.97 Å². The van der Waals surface area contributed by atoms with Crippen LogP contribution in [-0.2, 0) is 5.75 Å². The number of aromatic nitrogens is 2. The highest BCUT2D eigenvalue weighted by atomic mass is 32.2. The first-order valence-corrected chi connectivity index (χ1v) is 8.12. The molecule has 1 heterocycles. The van der Waals surface area contributed by atoms with Crippen molar-refractivity contribution in [2.24, 2.45) is 0 Å².